The van der Waals surface area contributed by atoms with Crippen LogP contribution >= 0.6 is 0 Å². The molecule has 0 fully saturated rings. The predicted molar refractivity (Wildman–Crippen MR) is 60.0 cm³/mol. The number of hydrogen-bond donors (Lipinski definition) is 1. The molecule has 0 aromatic heterocycles. The number of aliphatic carboxylic acids is 1. The van der Waals surface area contributed by atoms with E-state index < -0.39 is 11.9 Å². The Morgan fingerprint density at radius 2 is 1.80 bits per heavy atom. The summed E-state index contributed by atoms with van der Waals surface area (Å²) in [6.07, 6.45) is 0. The molecule has 0 saturated heterocycles. The van der Waals surface area contributed by atoms with Gasteiger partial charge < -0.3 is 5.11 Å². The molecule has 76 valence electrons. The molecule has 2 rings (SSSR count). The lowest BCUT2D eigenvalue weighted by Gasteiger charge is -2.09. The van der Waals surface area contributed by atoms with Crippen LogP contribution in [0.1, 0.15) is 18.4 Å². The van der Waals surface area contributed by atoms with Crippen molar-refractivity contribution in [1.29, 1.82) is 0 Å². The van der Waals surface area contributed by atoms with Gasteiger partial charge in [-0.2, -0.15) is 0 Å². The normalized spacial score (nSPS) is 12.6. The summed E-state index contributed by atoms with van der Waals surface area (Å²) in [5.74, 6) is -1.25. The molecule has 15 heavy (non-hydrogen) atoms. The van der Waals surface area contributed by atoms with Gasteiger partial charge in [-0.15, -0.1) is 0 Å². The van der Waals surface area contributed by atoms with Gasteiger partial charge in [0.05, 0.1) is 5.92 Å². The van der Waals surface area contributed by atoms with Gasteiger partial charge in [0.2, 0.25) is 0 Å². The van der Waals surface area contributed by atoms with Crippen molar-refractivity contribution in [3.63, 3.8) is 0 Å². The standard InChI is InChI=1S/C13H12O2/c1-9(13(14)15)11-8-4-6-10-5-2-3-7-12(10)11/h2-9H,1H3,(H,14,15)/t9-/m1/s1. The molecule has 0 saturated carbocycles. The Labute approximate surface area is 88.2 Å². The van der Waals surface area contributed by atoms with Crippen LogP contribution in [0.15, 0.2) is 42.5 Å². The molecule has 0 radical (unpaired) electrons. The van der Waals surface area contributed by atoms with E-state index in [0.717, 1.165) is 16.3 Å². The summed E-state index contributed by atoms with van der Waals surface area (Å²) in [5, 5.41) is 11.1. The van der Waals surface area contributed by atoms with Crippen LogP contribution in [0.3, 0.4) is 0 Å². The van der Waals surface area contributed by atoms with Gasteiger partial charge in [0.1, 0.15) is 0 Å². The fourth-order valence-electron chi connectivity index (χ4n) is 1.76. The van der Waals surface area contributed by atoms with Crippen LogP contribution in [-0.4, -0.2) is 11.1 Å². The van der Waals surface area contributed by atoms with Crippen molar-refractivity contribution in [3.05, 3.63) is 48.0 Å². The average molecular weight is 200 g/mol. The van der Waals surface area contributed by atoms with Gasteiger partial charge in [-0.3, -0.25) is 4.79 Å². The Hall–Kier alpha value is -1.83. The highest BCUT2D eigenvalue weighted by Crippen LogP contribution is 2.25. The second-order valence-electron chi connectivity index (χ2n) is 3.63. The Balaban J connectivity index is 2.65. The number of carbonyl (C=O) groups is 1. The molecule has 0 aliphatic heterocycles. The lowest BCUT2D eigenvalue weighted by Crippen LogP contribution is -2.07. The zero-order valence-electron chi connectivity index (χ0n) is 8.47. The molecule has 0 amide bonds. The molecule has 1 atom stereocenters. The van der Waals surface area contributed by atoms with Crippen LogP contribution in [-0.2, 0) is 4.79 Å². The molecule has 2 aromatic carbocycles. The maximum absolute atomic E-state index is 10.9. The summed E-state index contributed by atoms with van der Waals surface area (Å²) < 4.78 is 0. The molecule has 0 bridgehead atoms. The third-order valence-corrected chi connectivity index (χ3v) is 2.66. The summed E-state index contributed by atoms with van der Waals surface area (Å²) in [4.78, 5) is 10.9. The number of rotatable bonds is 2. The zero-order valence-corrected chi connectivity index (χ0v) is 8.47. The average Bonchev–Trinajstić information content (AvgIpc) is 2.27. The van der Waals surface area contributed by atoms with Crippen LogP contribution in [0.4, 0.5) is 0 Å². The molecular formula is C13H12O2. The topological polar surface area (TPSA) is 37.3 Å². The molecule has 0 unspecified atom stereocenters. The fourth-order valence-corrected chi connectivity index (χ4v) is 1.76. The van der Waals surface area contributed by atoms with E-state index in [1.807, 2.05) is 42.5 Å². The van der Waals surface area contributed by atoms with Crippen molar-refractivity contribution in [2.75, 3.05) is 0 Å². The quantitative estimate of drug-likeness (QED) is 0.809. The predicted octanol–water partition coefficient (Wildman–Crippen LogP) is 3.03. The minimum atomic E-state index is -0.786. The van der Waals surface area contributed by atoms with E-state index in [9.17, 15) is 4.79 Å². The number of hydrogen-bond acceptors (Lipinski definition) is 1. The summed E-state index contributed by atoms with van der Waals surface area (Å²) in [7, 11) is 0. The molecule has 2 aromatic rings. The third-order valence-electron chi connectivity index (χ3n) is 2.66. The van der Waals surface area contributed by atoms with E-state index in [1.165, 1.54) is 0 Å². The Bertz CT molecular complexity index is 497. The third kappa shape index (κ3) is 1.71. The van der Waals surface area contributed by atoms with Gasteiger partial charge in [0, 0.05) is 0 Å². The molecule has 0 aliphatic rings. The molecule has 0 aliphatic carbocycles. The zero-order chi connectivity index (χ0) is 10.8. The fraction of sp³-hybridized carbons (Fsp3) is 0.154. The van der Waals surface area contributed by atoms with Crippen molar-refractivity contribution in [3.8, 4) is 0 Å². The van der Waals surface area contributed by atoms with Crippen LogP contribution in [0, 0.1) is 0 Å². The maximum atomic E-state index is 10.9. The summed E-state index contributed by atoms with van der Waals surface area (Å²) >= 11 is 0. The Morgan fingerprint density at radius 1 is 1.13 bits per heavy atom. The summed E-state index contributed by atoms with van der Waals surface area (Å²) in [5.41, 5.74) is 0.876. The lowest BCUT2D eigenvalue weighted by molar-refractivity contribution is -0.138. The Morgan fingerprint density at radius 3 is 2.53 bits per heavy atom. The number of carboxylic acid groups (broad SMARTS) is 1. The van der Waals surface area contributed by atoms with E-state index in [1.54, 1.807) is 6.92 Å². The van der Waals surface area contributed by atoms with Crippen molar-refractivity contribution in [2.45, 2.75) is 12.8 Å². The highest BCUT2D eigenvalue weighted by atomic mass is 16.4. The van der Waals surface area contributed by atoms with E-state index in [0.29, 0.717) is 0 Å². The monoisotopic (exact) mass is 200 g/mol. The minimum absolute atomic E-state index is 0.462. The van der Waals surface area contributed by atoms with E-state index in [2.05, 4.69) is 0 Å². The van der Waals surface area contributed by atoms with Crippen LogP contribution in [0.5, 0.6) is 0 Å². The number of carboxylic acids is 1. The van der Waals surface area contributed by atoms with E-state index in [4.69, 9.17) is 5.11 Å². The van der Waals surface area contributed by atoms with Gasteiger partial charge >= 0.3 is 5.97 Å². The second kappa shape index (κ2) is 3.73. The largest absolute Gasteiger partial charge is 0.481 e. The van der Waals surface area contributed by atoms with Crippen molar-refractivity contribution in [1.82, 2.24) is 0 Å². The Kier molecular flexibility index (Phi) is 2.42. The van der Waals surface area contributed by atoms with Crippen molar-refractivity contribution >= 4 is 16.7 Å². The highest BCUT2D eigenvalue weighted by Gasteiger charge is 2.15. The minimum Gasteiger partial charge on any atom is -0.481 e. The number of fused-ring (bicyclic) bond motifs is 1. The smallest absolute Gasteiger partial charge is 0.310 e. The van der Waals surface area contributed by atoms with Crippen LogP contribution in [0.25, 0.3) is 10.8 Å². The maximum Gasteiger partial charge on any atom is 0.310 e. The molecule has 2 nitrogen and oxygen atoms in total. The summed E-state index contributed by atoms with van der Waals surface area (Å²) in [6, 6.07) is 13.6. The van der Waals surface area contributed by atoms with Crippen molar-refractivity contribution in [2.24, 2.45) is 0 Å². The van der Waals surface area contributed by atoms with E-state index >= 15 is 0 Å². The highest BCUT2D eigenvalue weighted by molar-refractivity contribution is 5.90. The molecular weight excluding hydrogens is 188 g/mol. The molecule has 0 spiro atoms. The second-order valence-corrected chi connectivity index (χ2v) is 3.63. The van der Waals surface area contributed by atoms with Crippen LogP contribution < -0.4 is 0 Å². The van der Waals surface area contributed by atoms with Crippen molar-refractivity contribution < 1.29 is 9.90 Å². The molecule has 0 heterocycles. The van der Waals surface area contributed by atoms with Gasteiger partial charge in [-0.25, -0.2) is 0 Å². The first-order chi connectivity index (χ1) is 7.20. The first-order valence-electron chi connectivity index (χ1n) is 4.90. The van der Waals surface area contributed by atoms with Gasteiger partial charge in [0.25, 0.3) is 0 Å². The molecule has 2 heteroatoms. The molecule has 1 N–H and O–H groups in total. The summed E-state index contributed by atoms with van der Waals surface area (Å²) in [6.45, 7) is 1.71. The van der Waals surface area contributed by atoms with Gasteiger partial charge in [-0.05, 0) is 23.3 Å². The van der Waals surface area contributed by atoms with Gasteiger partial charge in [0.15, 0.2) is 0 Å². The SMILES string of the molecule is C[C@@H](C(=O)O)c1cccc2ccccc12. The number of benzene rings is 2. The van der Waals surface area contributed by atoms with Crippen LogP contribution in [0.2, 0.25) is 0 Å². The van der Waals surface area contributed by atoms with E-state index in [-0.39, 0.29) is 0 Å². The lowest BCUT2D eigenvalue weighted by atomic mass is 9.95. The first kappa shape index (κ1) is 9.71. The first-order valence-corrected chi connectivity index (χ1v) is 4.90. The van der Waals surface area contributed by atoms with Gasteiger partial charge in [-0.1, -0.05) is 42.5 Å².